The molecule has 82 valence electrons. The molecule has 7 nitrogen and oxygen atoms in total. The molecule has 0 spiro atoms. The minimum atomic E-state index is -4.67. The molecular weight excluding hydrogens is 202 g/mol. The molecule has 0 aliphatic rings. The molecular formula is C5H15NO6S. The fourth-order valence-electron chi connectivity index (χ4n) is 0.312. The maximum atomic E-state index is 8.76. The molecule has 0 heterocycles. The van der Waals surface area contributed by atoms with Crippen LogP contribution in [0, 0.1) is 0 Å². The summed E-state index contributed by atoms with van der Waals surface area (Å²) in [5.41, 5.74) is 0. The summed E-state index contributed by atoms with van der Waals surface area (Å²) in [6.45, 7) is 3.21. The Kier molecular flexibility index (Phi) is 7.31. The summed E-state index contributed by atoms with van der Waals surface area (Å²) in [7, 11) is -3.02. The maximum absolute atomic E-state index is 8.76. The molecule has 0 rings (SSSR count). The first-order valence-electron chi connectivity index (χ1n) is 3.33. The van der Waals surface area contributed by atoms with E-state index < -0.39 is 22.9 Å². The summed E-state index contributed by atoms with van der Waals surface area (Å²) in [6, 6.07) is 0. The topological polar surface area (TPSA) is 118 Å². The van der Waals surface area contributed by atoms with Crippen molar-refractivity contribution in [3.63, 3.8) is 0 Å². The van der Waals surface area contributed by atoms with Gasteiger partial charge in [0.1, 0.15) is 12.5 Å². The van der Waals surface area contributed by atoms with Gasteiger partial charge in [-0.15, -0.1) is 0 Å². The van der Waals surface area contributed by atoms with Crippen LogP contribution in [-0.2, 0) is 10.4 Å². The number of hydrogen-bond acceptors (Lipinski definition) is 5. The van der Waals surface area contributed by atoms with E-state index in [1.54, 1.807) is 20.9 Å². The third kappa shape index (κ3) is 18.6. The van der Waals surface area contributed by atoms with Crippen LogP contribution < -0.4 is 0 Å². The predicted octanol–water partition coefficient (Wildman–Crippen LogP) is -1.06. The third-order valence-corrected chi connectivity index (χ3v) is 1.18. The molecule has 0 aromatic heterocycles. The largest absolute Gasteiger partial charge is 0.394 e. The average molecular weight is 217 g/mol. The van der Waals surface area contributed by atoms with Gasteiger partial charge in [0.2, 0.25) is 0 Å². The Morgan fingerprint density at radius 1 is 1.08 bits per heavy atom. The summed E-state index contributed by atoms with van der Waals surface area (Å²) < 4.78 is 31.6. The van der Waals surface area contributed by atoms with Crippen molar-refractivity contribution < 1.29 is 27.7 Å². The van der Waals surface area contributed by atoms with Crippen LogP contribution in [0.4, 0.5) is 0 Å². The molecule has 0 saturated heterocycles. The zero-order chi connectivity index (χ0) is 11.2. The van der Waals surface area contributed by atoms with Gasteiger partial charge in [0.05, 0.1) is 0 Å². The molecule has 0 aromatic carbocycles. The molecule has 0 radical (unpaired) electrons. The molecule has 0 saturated carbocycles. The normalized spacial score (nSPS) is 16.0. The molecule has 2 atom stereocenters. The molecule has 0 aliphatic carbocycles. The van der Waals surface area contributed by atoms with E-state index in [9.17, 15) is 0 Å². The van der Waals surface area contributed by atoms with Gasteiger partial charge in [-0.1, -0.05) is 0 Å². The molecule has 8 heteroatoms. The van der Waals surface area contributed by atoms with Crippen LogP contribution in [-0.4, -0.2) is 52.1 Å². The second-order valence-electron chi connectivity index (χ2n) is 2.38. The lowest BCUT2D eigenvalue weighted by molar-refractivity contribution is -0.0665. The van der Waals surface area contributed by atoms with E-state index in [-0.39, 0.29) is 0 Å². The Labute approximate surface area is 77.2 Å². The average Bonchev–Trinajstić information content (AvgIpc) is 1.81. The molecule has 0 aliphatic heterocycles. The summed E-state index contributed by atoms with van der Waals surface area (Å²) in [4.78, 5) is 1.44. The van der Waals surface area contributed by atoms with Crippen LogP contribution in [0.25, 0.3) is 0 Å². The van der Waals surface area contributed by atoms with Crippen LogP contribution in [0.3, 0.4) is 0 Å². The fraction of sp³-hybridized carbons (Fsp3) is 1.00. The van der Waals surface area contributed by atoms with Crippen molar-refractivity contribution in [3.8, 4) is 0 Å². The van der Waals surface area contributed by atoms with Gasteiger partial charge in [-0.3, -0.25) is 14.0 Å². The lowest BCUT2D eigenvalue weighted by Crippen LogP contribution is -2.36. The second kappa shape index (κ2) is 6.24. The molecule has 0 bridgehead atoms. The van der Waals surface area contributed by atoms with Crippen molar-refractivity contribution in [2.75, 3.05) is 7.05 Å². The van der Waals surface area contributed by atoms with Crippen LogP contribution >= 0.6 is 0 Å². The van der Waals surface area contributed by atoms with Gasteiger partial charge in [0.15, 0.2) is 0 Å². The summed E-state index contributed by atoms with van der Waals surface area (Å²) in [6.07, 6.45) is -1.15. The SMILES string of the molecule is CC(O)N(C)C(C)O.O=S(=O)(O)O. The Morgan fingerprint density at radius 3 is 1.23 bits per heavy atom. The van der Waals surface area contributed by atoms with E-state index in [0.29, 0.717) is 0 Å². The van der Waals surface area contributed by atoms with E-state index in [0.717, 1.165) is 0 Å². The number of aliphatic hydroxyl groups is 2. The van der Waals surface area contributed by atoms with Crippen LogP contribution in [0.15, 0.2) is 0 Å². The summed E-state index contributed by atoms with van der Waals surface area (Å²) >= 11 is 0. The van der Waals surface area contributed by atoms with Crippen LogP contribution in [0.1, 0.15) is 13.8 Å². The molecule has 13 heavy (non-hydrogen) atoms. The summed E-state index contributed by atoms with van der Waals surface area (Å²) in [5.74, 6) is 0. The van der Waals surface area contributed by atoms with E-state index in [4.69, 9.17) is 27.7 Å². The molecule has 4 N–H and O–H groups in total. The minimum absolute atomic E-state index is 0.574. The van der Waals surface area contributed by atoms with Gasteiger partial charge in [0, 0.05) is 0 Å². The van der Waals surface area contributed by atoms with Crippen molar-refractivity contribution in [2.45, 2.75) is 26.3 Å². The standard InChI is InChI=1S/C5H13NO2.H2O4S/c1-4(7)6(3)5(2)8;1-5(2,3)4/h4-5,7-8H,1-3H3;(H2,1,2,3,4). The van der Waals surface area contributed by atoms with Gasteiger partial charge in [-0.05, 0) is 20.9 Å². The zero-order valence-corrected chi connectivity index (χ0v) is 8.43. The monoisotopic (exact) mass is 217 g/mol. The highest BCUT2D eigenvalue weighted by molar-refractivity contribution is 7.79. The quantitative estimate of drug-likeness (QED) is 0.344. The number of aliphatic hydroxyl groups excluding tert-OH is 2. The van der Waals surface area contributed by atoms with Gasteiger partial charge in [-0.2, -0.15) is 8.42 Å². The van der Waals surface area contributed by atoms with Crippen LogP contribution in [0.2, 0.25) is 0 Å². The van der Waals surface area contributed by atoms with Crippen molar-refractivity contribution in [2.24, 2.45) is 0 Å². The minimum Gasteiger partial charge on any atom is -0.379 e. The maximum Gasteiger partial charge on any atom is 0.394 e. The molecule has 2 unspecified atom stereocenters. The lowest BCUT2D eigenvalue weighted by Gasteiger charge is -2.22. The van der Waals surface area contributed by atoms with E-state index in [1.807, 2.05) is 0 Å². The first-order valence-corrected chi connectivity index (χ1v) is 4.73. The number of rotatable bonds is 2. The Balaban J connectivity index is 0. The van der Waals surface area contributed by atoms with Crippen LogP contribution in [0.5, 0.6) is 0 Å². The number of hydrogen-bond donors (Lipinski definition) is 4. The first kappa shape index (κ1) is 15.2. The van der Waals surface area contributed by atoms with Gasteiger partial charge >= 0.3 is 10.4 Å². The second-order valence-corrected chi connectivity index (χ2v) is 3.27. The highest BCUT2D eigenvalue weighted by atomic mass is 32.3. The van der Waals surface area contributed by atoms with E-state index in [2.05, 4.69) is 0 Å². The third-order valence-electron chi connectivity index (χ3n) is 1.18. The highest BCUT2D eigenvalue weighted by Crippen LogP contribution is 1.93. The summed E-state index contributed by atoms with van der Waals surface area (Å²) in [5, 5.41) is 17.5. The predicted molar refractivity (Wildman–Crippen MR) is 45.3 cm³/mol. The Morgan fingerprint density at radius 2 is 1.23 bits per heavy atom. The first-order chi connectivity index (χ1) is 5.55. The zero-order valence-electron chi connectivity index (χ0n) is 7.62. The van der Waals surface area contributed by atoms with Crippen molar-refractivity contribution in [1.82, 2.24) is 4.90 Å². The lowest BCUT2D eigenvalue weighted by atomic mass is 10.5. The fourth-order valence-corrected chi connectivity index (χ4v) is 0.312. The van der Waals surface area contributed by atoms with Gasteiger partial charge in [0.25, 0.3) is 0 Å². The van der Waals surface area contributed by atoms with Crippen molar-refractivity contribution in [3.05, 3.63) is 0 Å². The highest BCUT2D eigenvalue weighted by Gasteiger charge is 2.08. The van der Waals surface area contributed by atoms with Crippen molar-refractivity contribution in [1.29, 1.82) is 0 Å². The van der Waals surface area contributed by atoms with Gasteiger partial charge in [-0.25, -0.2) is 0 Å². The number of nitrogens with zero attached hydrogens (tertiary/aromatic N) is 1. The molecule has 0 amide bonds. The van der Waals surface area contributed by atoms with E-state index in [1.165, 1.54) is 4.90 Å². The van der Waals surface area contributed by atoms with E-state index >= 15 is 0 Å². The Hall–Kier alpha value is -0.250. The smallest absolute Gasteiger partial charge is 0.379 e. The van der Waals surface area contributed by atoms with Crippen molar-refractivity contribution >= 4 is 10.4 Å². The Bertz CT molecular complexity index is 195. The molecule has 0 fully saturated rings. The van der Waals surface area contributed by atoms with Gasteiger partial charge < -0.3 is 10.2 Å². The molecule has 0 aromatic rings.